The Labute approximate surface area is 79.9 Å². The summed E-state index contributed by atoms with van der Waals surface area (Å²) in [4.78, 5) is 13.6. The average Bonchev–Trinajstić information content (AvgIpc) is 2.54. The molecule has 6 heteroatoms. The Morgan fingerprint density at radius 1 is 1.38 bits per heavy atom. The minimum atomic E-state index is 0.250. The highest BCUT2D eigenvalue weighted by molar-refractivity contribution is 7.71. The third-order valence-electron chi connectivity index (χ3n) is 1.24. The van der Waals surface area contributed by atoms with Crippen LogP contribution in [0.2, 0.25) is 0 Å². The highest BCUT2D eigenvalue weighted by Gasteiger charge is 1.94. The maximum Gasteiger partial charge on any atom is 0.159 e. The highest BCUT2D eigenvalue weighted by Crippen LogP contribution is 2.02. The van der Waals surface area contributed by atoms with Crippen molar-refractivity contribution in [2.45, 2.75) is 6.92 Å². The van der Waals surface area contributed by atoms with E-state index in [1.54, 1.807) is 13.3 Å². The second-order valence-electron chi connectivity index (χ2n) is 2.15. The van der Waals surface area contributed by atoms with Gasteiger partial charge in [-0.05, 0) is 6.92 Å². The van der Waals surface area contributed by atoms with Crippen LogP contribution in [-0.4, -0.2) is 31.6 Å². The van der Waals surface area contributed by atoms with E-state index in [-0.39, 0.29) is 6.61 Å². The van der Waals surface area contributed by atoms with Crippen molar-refractivity contribution in [1.82, 2.24) is 19.9 Å². The van der Waals surface area contributed by atoms with Crippen molar-refractivity contribution >= 4 is 23.4 Å². The summed E-state index contributed by atoms with van der Waals surface area (Å²) in [5, 5.41) is 7.57. The Morgan fingerprint density at radius 3 is 2.62 bits per heavy atom. The molecule has 0 aromatic carbocycles. The zero-order valence-electron chi connectivity index (χ0n) is 7.11. The zero-order chi connectivity index (χ0) is 9.68. The Bertz CT molecular complexity index is 421. The number of aromatic amines is 2. The Morgan fingerprint density at radius 2 is 2.00 bits per heavy atom. The summed E-state index contributed by atoms with van der Waals surface area (Å²) >= 11 is 4.91. The lowest BCUT2D eigenvalue weighted by atomic mass is 10.6. The summed E-state index contributed by atoms with van der Waals surface area (Å²) in [6, 6.07) is 0. The Hall–Kier alpha value is -1.27. The first kappa shape index (κ1) is 9.82. The third-order valence-corrected chi connectivity index (χ3v) is 1.55. The minimum absolute atomic E-state index is 0.250. The first-order valence-electron chi connectivity index (χ1n) is 3.77. The summed E-state index contributed by atoms with van der Waals surface area (Å²) < 4.78 is 0.547. The van der Waals surface area contributed by atoms with E-state index in [1.165, 1.54) is 6.33 Å². The van der Waals surface area contributed by atoms with Crippen molar-refractivity contribution in [3.63, 3.8) is 0 Å². The number of H-pyrrole nitrogens is 2. The van der Waals surface area contributed by atoms with Crippen LogP contribution in [0.1, 0.15) is 6.92 Å². The molecule has 5 nitrogen and oxygen atoms in total. The fourth-order valence-electron chi connectivity index (χ4n) is 0.783. The smallest absolute Gasteiger partial charge is 0.159 e. The van der Waals surface area contributed by atoms with Crippen LogP contribution in [-0.2, 0) is 0 Å². The molecule has 0 fully saturated rings. The fourth-order valence-corrected chi connectivity index (χ4v) is 0.992. The normalized spacial score (nSPS) is 9.38. The molecule has 0 saturated heterocycles. The standard InChI is InChI=1S/C5H4N4S.C2H6O/c10-5-3-4(7-1-6-3)8-2-9-5;1-2-3/h1-2H,(H2,6,7,8,9,10);3H,2H2,1H3. The molecule has 0 aliphatic carbocycles. The highest BCUT2D eigenvalue weighted by atomic mass is 32.1. The van der Waals surface area contributed by atoms with Gasteiger partial charge in [-0.3, -0.25) is 0 Å². The van der Waals surface area contributed by atoms with Gasteiger partial charge in [0.2, 0.25) is 0 Å². The lowest BCUT2D eigenvalue weighted by Gasteiger charge is -1.84. The van der Waals surface area contributed by atoms with E-state index in [0.717, 1.165) is 11.2 Å². The van der Waals surface area contributed by atoms with Crippen molar-refractivity contribution in [2.75, 3.05) is 6.61 Å². The number of fused-ring (bicyclic) bond motifs is 1. The predicted molar refractivity (Wildman–Crippen MR) is 51.8 cm³/mol. The van der Waals surface area contributed by atoms with Crippen molar-refractivity contribution in [1.29, 1.82) is 0 Å². The topological polar surface area (TPSA) is 77.6 Å². The molecular formula is C7H10N4OS. The third kappa shape index (κ3) is 2.33. The van der Waals surface area contributed by atoms with Crippen LogP contribution in [0.4, 0.5) is 0 Å². The lowest BCUT2D eigenvalue weighted by Crippen LogP contribution is -1.80. The molecule has 0 spiro atoms. The van der Waals surface area contributed by atoms with E-state index in [9.17, 15) is 0 Å². The van der Waals surface area contributed by atoms with Gasteiger partial charge >= 0.3 is 0 Å². The van der Waals surface area contributed by atoms with Crippen LogP contribution < -0.4 is 0 Å². The SMILES string of the molecule is CCO.S=c1nc[nH]c2nc[nH]c12. The molecule has 0 saturated carbocycles. The molecule has 2 rings (SSSR count). The van der Waals surface area contributed by atoms with Gasteiger partial charge in [-0.1, -0.05) is 12.2 Å². The molecule has 0 unspecified atom stereocenters. The van der Waals surface area contributed by atoms with Gasteiger partial charge in [0.15, 0.2) is 10.3 Å². The monoisotopic (exact) mass is 198 g/mol. The molecule has 0 aliphatic rings. The van der Waals surface area contributed by atoms with E-state index in [4.69, 9.17) is 17.3 Å². The average molecular weight is 198 g/mol. The molecule has 2 heterocycles. The maximum atomic E-state index is 7.57. The molecule has 0 aliphatic heterocycles. The number of aliphatic hydroxyl groups excluding tert-OH is 1. The van der Waals surface area contributed by atoms with E-state index < -0.39 is 0 Å². The second-order valence-corrected chi connectivity index (χ2v) is 2.54. The van der Waals surface area contributed by atoms with E-state index in [0.29, 0.717) is 4.64 Å². The van der Waals surface area contributed by atoms with Gasteiger partial charge < -0.3 is 15.1 Å². The molecule has 0 bridgehead atoms. The minimum Gasteiger partial charge on any atom is -0.397 e. The van der Waals surface area contributed by atoms with Gasteiger partial charge in [0.05, 0.1) is 12.7 Å². The first-order valence-corrected chi connectivity index (χ1v) is 4.18. The number of hydrogen-bond donors (Lipinski definition) is 3. The summed E-state index contributed by atoms with van der Waals surface area (Å²) in [6.45, 7) is 1.93. The van der Waals surface area contributed by atoms with Gasteiger partial charge in [0.1, 0.15) is 5.52 Å². The second kappa shape index (κ2) is 4.68. The Kier molecular flexibility index (Phi) is 3.53. The maximum absolute atomic E-state index is 7.57. The number of nitrogens with zero attached hydrogens (tertiary/aromatic N) is 2. The van der Waals surface area contributed by atoms with Crippen molar-refractivity contribution < 1.29 is 5.11 Å². The number of hydrogen-bond acceptors (Lipinski definition) is 4. The number of aromatic nitrogens is 4. The largest absolute Gasteiger partial charge is 0.397 e. The van der Waals surface area contributed by atoms with Crippen LogP contribution in [0.25, 0.3) is 11.2 Å². The molecule has 70 valence electrons. The fraction of sp³-hybridized carbons (Fsp3) is 0.286. The number of imidazole rings is 1. The number of nitrogens with one attached hydrogen (secondary N) is 2. The van der Waals surface area contributed by atoms with Crippen molar-refractivity contribution in [3.8, 4) is 0 Å². The summed E-state index contributed by atoms with van der Waals surface area (Å²) in [6.07, 6.45) is 3.12. The molecule has 3 N–H and O–H groups in total. The van der Waals surface area contributed by atoms with E-state index >= 15 is 0 Å². The molecular weight excluding hydrogens is 188 g/mol. The van der Waals surface area contributed by atoms with Gasteiger partial charge in [0.25, 0.3) is 0 Å². The molecule has 0 radical (unpaired) electrons. The van der Waals surface area contributed by atoms with Crippen LogP contribution in [0.3, 0.4) is 0 Å². The summed E-state index contributed by atoms with van der Waals surface area (Å²) in [5.74, 6) is 0. The van der Waals surface area contributed by atoms with Crippen molar-refractivity contribution in [2.24, 2.45) is 0 Å². The molecule has 13 heavy (non-hydrogen) atoms. The van der Waals surface area contributed by atoms with Gasteiger partial charge in [-0.25, -0.2) is 9.97 Å². The number of aliphatic hydroxyl groups is 1. The van der Waals surface area contributed by atoms with E-state index in [2.05, 4.69) is 19.9 Å². The van der Waals surface area contributed by atoms with Crippen molar-refractivity contribution in [3.05, 3.63) is 17.3 Å². The molecule has 0 amide bonds. The van der Waals surface area contributed by atoms with Gasteiger partial charge in [-0.2, -0.15) is 0 Å². The summed E-state index contributed by atoms with van der Waals surface area (Å²) in [7, 11) is 0. The van der Waals surface area contributed by atoms with Crippen LogP contribution in [0.5, 0.6) is 0 Å². The predicted octanol–water partition coefficient (Wildman–Crippen LogP) is 1.01. The molecule has 0 atom stereocenters. The quantitative estimate of drug-likeness (QED) is 0.552. The van der Waals surface area contributed by atoms with E-state index in [1.807, 2.05) is 0 Å². The van der Waals surface area contributed by atoms with Crippen LogP contribution in [0.15, 0.2) is 12.7 Å². The zero-order valence-corrected chi connectivity index (χ0v) is 7.93. The number of rotatable bonds is 0. The van der Waals surface area contributed by atoms with Gasteiger partial charge in [-0.15, -0.1) is 0 Å². The molecule has 2 aromatic heterocycles. The van der Waals surface area contributed by atoms with Gasteiger partial charge in [0, 0.05) is 6.61 Å². The summed E-state index contributed by atoms with van der Waals surface area (Å²) in [5.41, 5.74) is 1.54. The molecule has 2 aromatic rings. The lowest BCUT2D eigenvalue weighted by molar-refractivity contribution is 0.318. The first-order chi connectivity index (χ1) is 6.29. The Balaban J connectivity index is 0.000000251. The van der Waals surface area contributed by atoms with Crippen LogP contribution in [0, 0.1) is 4.64 Å². The van der Waals surface area contributed by atoms with Crippen LogP contribution >= 0.6 is 12.2 Å².